The van der Waals surface area contributed by atoms with E-state index in [4.69, 9.17) is 18.6 Å². The lowest BCUT2D eigenvalue weighted by atomic mass is 10.2. The Hall–Kier alpha value is -3.69. The fourth-order valence-corrected chi connectivity index (χ4v) is 2.92. The largest absolute Gasteiger partial charge is 0.493 e. The molecule has 1 heterocycles. The molecule has 0 spiro atoms. The van der Waals surface area contributed by atoms with Gasteiger partial charge < -0.3 is 23.9 Å². The first kappa shape index (κ1) is 24.0. The molecule has 1 N–H and O–H groups in total. The maximum Gasteiger partial charge on any atom is 0.392 e. The van der Waals surface area contributed by atoms with Crippen molar-refractivity contribution in [1.29, 1.82) is 0 Å². The third-order valence-corrected chi connectivity index (χ3v) is 4.47. The van der Waals surface area contributed by atoms with Gasteiger partial charge in [-0.15, -0.1) is 0 Å². The monoisotopic (exact) mass is 464 g/mol. The molecule has 0 saturated heterocycles. The summed E-state index contributed by atoms with van der Waals surface area (Å²) in [5.74, 6) is 0.799. The van der Waals surface area contributed by atoms with Crippen LogP contribution in [0.3, 0.4) is 0 Å². The molecule has 0 aliphatic heterocycles. The molecule has 3 rings (SSSR count). The molecule has 1 amide bonds. The molecule has 0 bridgehead atoms. The number of methoxy groups -OCH3 is 1. The van der Waals surface area contributed by atoms with Gasteiger partial charge in [0.1, 0.15) is 12.0 Å². The molecular weight excluding hydrogens is 441 g/mol. The highest BCUT2D eigenvalue weighted by atomic mass is 19.4. The molecule has 2 aromatic carbocycles. The molecule has 176 valence electrons. The molecule has 0 aliphatic rings. The van der Waals surface area contributed by atoms with Crippen LogP contribution >= 0.6 is 0 Å². The number of oxazole rings is 1. The normalized spacial score (nSPS) is 11.2. The van der Waals surface area contributed by atoms with Gasteiger partial charge in [-0.1, -0.05) is 12.1 Å². The molecule has 10 heteroatoms. The minimum atomic E-state index is -4.32. The molecular formula is C23H23F3N2O5. The first-order valence-electron chi connectivity index (χ1n) is 10.1. The SMILES string of the molecule is CCOc1ccccc1C(=O)NCc1coc(-c2ccc(OC)c(OCCC(F)(F)F)c2)n1. The van der Waals surface area contributed by atoms with E-state index in [0.717, 1.165) is 0 Å². The Balaban J connectivity index is 1.67. The van der Waals surface area contributed by atoms with Crippen LogP contribution in [0.4, 0.5) is 13.2 Å². The summed E-state index contributed by atoms with van der Waals surface area (Å²) in [6.45, 7) is 1.82. The number of alkyl halides is 3. The Bertz CT molecular complexity index is 1080. The number of hydrogen-bond donors (Lipinski definition) is 1. The van der Waals surface area contributed by atoms with E-state index < -0.39 is 19.2 Å². The summed E-state index contributed by atoms with van der Waals surface area (Å²) >= 11 is 0. The molecule has 33 heavy (non-hydrogen) atoms. The number of aromatic nitrogens is 1. The van der Waals surface area contributed by atoms with E-state index in [1.807, 2.05) is 6.92 Å². The van der Waals surface area contributed by atoms with Crippen LogP contribution in [0.2, 0.25) is 0 Å². The lowest BCUT2D eigenvalue weighted by molar-refractivity contribution is -0.139. The standard InChI is InChI=1S/C23H23F3N2O5/c1-3-31-18-7-5-4-6-17(18)21(29)27-13-16-14-33-22(28-16)15-8-9-19(30-2)20(12-15)32-11-10-23(24,25)26/h4-9,12,14H,3,10-11,13H2,1-2H3,(H,27,29). The van der Waals surface area contributed by atoms with Gasteiger partial charge in [0.15, 0.2) is 11.5 Å². The Morgan fingerprint density at radius 1 is 1.09 bits per heavy atom. The van der Waals surface area contributed by atoms with E-state index in [9.17, 15) is 18.0 Å². The summed E-state index contributed by atoms with van der Waals surface area (Å²) in [4.78, 5) is 16.8. The molecule has 0 atom stereocenters. The van der Waals surface area contributed by atoms with Gasteiger partial charge in [-0.05, 0) is 37.3 Å². The number of hydrogen-bond acceptors (Lipinski definition) is 6. The zero-order valence-electron chi connectivity index (χ0n) is 18.1. The number of carbonyl (C=O) groups is 1. The molecule has 0 radical (unpaired) electrons. The summed E-state index contributed by atoms with van der Waals surface area (Å²) in [6, 6.07) is 11.6. The zero-order valence-corrected chi connectivity index (χ0v) is 18.1. The van der Waals surface area contributed by atoms with Crippen molar-refractivity contribution in [3.63, 3.8) is 0 Å². The molecule has 0 saturated carbocycles. The third-order valence-electron chi connectivity index (χ3n) is 4.47. The average Bonchev–Trinajstić information content (AvgIpc) is 3.26. The summed E-state index contributed by atoms with van der Waals surface area (Å²) in [6.07, 6.45) is -4.02. The third kappa shape index (κ3) is 6.64. The van der Waals surface area contributed by atoms with Crippen LogP contribution < -0.4 is 19.5 Å². The van der Waals surface area contributed by atoms with Gasteiger partial charge in [-0.2, -0.15) is 13.2 Å². The van der Waals surface area contributed by atoms with Crippen LogP contribution in [0.1, 0.15) is 29.4 Å². The molecule has 3 aromatic rings. The van der Waals surface area contributed by atoms with Crippen LogP contribution in [-0.4, -0.2) is 37.4 Å². The van der Waals surface area contributed by atoms with Crippen molar-refractivity contribution < 1.29 is 36.6 Å². The quantitative estimate of drug-likeness (QED) is 0.454. The van der Waals surface area contributed by atoms with Crippen molar-refractivity contribution in [3.05, 3.63) is 60.0 Å². The second-order valence-electron chi connectivity index (χ2n) is 6.84. The van der Waals surface area contributed by atoms with Gasteiger partial charge in [0.25, 0.3) is 5.91 Å². The Morgan fingerprint density at radius 3 is 2.61 bits per heavy atom. The minimum absolute atomic E-state index is 0.105. The topological polar surface area (TPSA) is 82.8 Å². The summed E-state index contributed by atoms with van der Waals surface area (Å²) in [7, 11) is 1.39. The fourth-order valence-electron chi connectivity index (χ4n) is 2.92. The number of carbonyl (C=O) groups excluding carboxylic acids is 1. The minimum Gasteiger partial charge on any atom is -0.493 e. The Labute approximate surface area is 188 Å². The van der Waals surface area contributed by atoms with Crippen LogP contribution in [0.25, 0.3) is 11.5 Å². The van der Waals surface area contributed by atoms with Gasteiger partial charge >= 0.3 is 6.18 Å². The molecule has 0 unspecified atom stereocenters. The molecule has 7 nitrogen and oxygen atoms in total. The first-order chi connectivity index (χ1) is 15.8. The average molecular weight is 464 g/mol. The number of nitrogens with one attached hydrogen (secondary N) is 1. The van der Waals surface area contributed by atoms with E-state index in [0.29, 0.717) is 29.2 Å². The summed E-state index contributed by atoms with van der Waals surface area (Å²) in [5.41, 5.74) is 1.35. The van der Waals surface area contributed by atoms with E-state index in [2.05, 4.69) is 10.3 Å². The molecule has 0 aliphatic carbocycles. The Kier molecular flexibility index (Phi) is 7.81. The number of nitrogens with zero attached hydrogens (tertiary/aromatic N) is 1. The van der Waals surface area contributed by atoms with Crippen LogP contribution in [0.15, 0.2) is 53.1 Å². The van der Waals surface area contributed by atoms with Crippen LogP contribution in [0.5, 0.6) is 17.2 Å². The number of para-hydroxylation sites is 1. The van der Waals surface area contributed by atoms with Gasteiger partial charge in [-0.25, -0.2) is 4.98 Å². The maximum absolute atomic E-state index is 12.5. The fraction of sp³-hybridized carbons (Fsp3) is 0.304. The van der Waals surface area contributed by atoms with Crippen molar-refractivity contribution in [2.45, 2.75) is 26.1 Å². The lowest BCUT2D eigenvalue weighted by Crippen LogP contribution is -2.23. The van der Waals surface area contributed by atoms with E-state index in [1.165, 1.54) is 19.4 Å². The predicted octanol–water partition coefficient (Wildman–Crippen LogP) is 5.01. The van der Waals surface area contributed by atoms with Crippen molar-refractivity contribution in [1.82, 2.24) is 10.3 Å². The van der Waals surface area contributed by atoms with Crippen molar-refractivity contribution >= 4 is 5.91 Å². The van der Waals surface area contributed by atoms with Gasteiger partial charge in [0.05, 0.1) is 44.5 Å². The highest BCUT2D eigenvalue weighted by Crippen LogP contribution is 2.33. The van der Waals surface area contributed by atoms with E-state index in [-0.39, 0.29) is 29.8 Å². The smallest absolute Gasteiger partial charge is 0.392 e. The number of halogens is 3. The number of rotatable bonds is 10. The Morgan fingerprint density at radius 2 is 1.88 bits per heavy atom. The maximum atomic E-state index is 12.5. The second-order valence-corrected chi connectivity index (χ2v) is 6.84. The van der Waals surface area contributed by atoms with Gasteiger partial charge in [-0.3, -0.25) is 4.79 Å². The van der Waals surface area contributed by atoms with Gasteiger partial charge in [0.2, 0.25) is 5.89 Å². The van der Waals surface area contributed by atoms with Crippen molar-refractivity contribution in [3.8, 4) is 28.7 Å². The summed E-state index contributed by atoms with van der Waals surface area (Å²) in [5, 5.41) is 2.76. The zero-order chi connectivity index (χ0) is 23.8. The van der Waals surface area contributed by atoms with Gasteiger partial charge in [0, 0.05) is 5.56 Å². The van der Waals surface area contributed by atoms with E-state index in [1.54, 1.807) is 36.4 Å². The second kappa shape index (κ2) is 10.8. The first-order valence-corrected chi connectivity index (χ1v) is 10.1. The number of amides is 1. The van der Waals surface area contributed by atoms with Crippen molar-refractivity contribution in [2.24, 2.45) is 0 Å². The predicted molar refractivity (Wildman–Crippen MR) is 113 cm³/mol. The summed E-state index contributed by atoms with van der Waals surface area (Å²) < 4.78 is 58.6. The van der Waals surface area contributed by atoms with E-state index >= 15 is 0 Å². The highest BCUT2D eigenvalue weighted by Gasteiger charge is 2.27. The number of benzene rings is 2. The number of ether oxygens (including phenoxy) is 3. The molecule has 0 fully saturated rings. The molecule has 1 aromatic heterocycles. The van der Waals surface area contributed by atoms with Crippen LogP contribution in [-0.2, 0) is 6.54 Å². The van der Waals surface area contributed by atoms with Crippen LogP contribution in [0, 0.1) is 0 Å². The lowest BCUT2D eigenvalue weighted by Gasteiger charge is -2.12. The van der Waals surface area contributed by atoms with Crippen molar-refractivity contribution in [2.75, 3.05) is 20.3 Å². The highest BCUT2D eigenvalue weighted by molar-refractivity contribution is 5.96.